The van der Waals surface area contributed by atoms with E-state index in [1.165, 1.54) is 31.4 Å². The highest BCUT2D eigenvalue weighted by Crippen LogP contribution is 2.32. The first-order chi connectivity index (χ1) is 18.2. The second-order valence-electron chi connectivity index (χ2n) is 8.01. The normalized spacial score (nSPS) is 10.5. The Morgan fingerprint density at radius 1 is 1.00 bits per heavy atom. The number of nitro benzene ring substituents is 1. The van der Waals surface area contributed by atoms with Crippen molar-refractivity contribution in [3.05, 3.63) is 111 Å². The molecule has 194 valence electrons. The van der Waals surface area contributed by atoms with Crippen molar-refractivity contribution in [2.24, 2.45) is 0 Å². The molecule has 0 radical (unpaired) electrons. The van der Waals surface area contributed by atoms with Gasteiger partial charge in [0.2, 0.25) is 0 Å². The van der Waals surface area contributed by atoms with Gasteiger partial charge in [-0.05, 0) is 67.1 Å². The topological polar surface area (TPSA) is 130 Å². The zero-order valence-corrected chi connectivity index (χ0v) is 21.0. The maximum Gasteiger partial charge on any atom is 0.337 e. The molecule has 0 unspecified atom stereocenters. The van der Waals surface area contributed by atoms with Crippen LogP contribution >= 0.6 is 11.6 Å². The zero-order chi connectivity index (χ0) is 27.2. The highest BCUT2D eigenvalue weighted by atomic mass is 35.5. The molecule has 4 rings (SSSR count). The van der Waals surface area contributed by atoms with Crippen molar-refractivity contribution in [1.29, 1.82) is 0 Å². The van der Waals surface area contributed by atoms with Gasteiger partial charge in [0.25, 0.3) is 11.6 Å². The van der Waals surface area contributed by atoms with E-state index in [2.05, 4.69) is 10.1 Å². The molecule has 1 heterocycles. The number of halogens is 1. The number of nitro groups is 1. The summed E-state index contributed by atoms with van der Waals surface area (Å²) in [5, 5.41) is 14.6. The van der Waals surface area contributed by atoms with E-state index in [0.717, 1.165) is 5.56 Å². The average Bonchev–Trinajstić information content (AvgIpc) is 3.38. The first-order valence-electron chi connectivity index (χ1n) is 11.2. The lowest BCUT2D eigenvalue weighted by atomic mass is 10.2. The molecular formula is C27H21ClN2O8. The minimum atomic E-state index is -0.618. The molecule has 0 aliphatic heterocycles. The third-order valence-corrected chi connectivity index (χ3v) is 5.50. The predicted octanol–water partition coefficient (Wildman–Crippen LogP) is 6.56. The van der Waals surface area contributed by atoms with Gasteiger partial charge in [0.1, 0.15) is 29.6 Å². The van der Waals surface area contributed by atoms with E-state index < -0.39 is 16.8 Å². The fraction of sp³-hybridized carbons (Fsp3) is 0.111. The van der Waals surface area contributed by atoms with Gasteiger partial charge in [-0.2, -0.15) is 0 Å². The van der Waals surface area contributed by atoms with Gasteiger partial charge in [-0.3, -0.25) is 14.9 Å². The second kappa shape index (κ2) is 11.5. The average molecular weight is 537 g/mol. The number of carbonyl (C=O) groups excluding carboxylic acids is 2. The number of nitrogens with one attached hydrogen (secondary N) is 1. The first-order valence-corrected chi connectivity index (χ1v) is 11.5. The van der Waals surface area contributed by atoms with Crippen LogP contribution in [-0.4, -0.2) is 23.9 Å². The summed E-state index contributed by atoms with van der Waals surface area (Å²) < 4.78 is 21.6. The van der Waals surface area contributed by atoms with E-state index in [9.17, 15) is 19.7 Å². The van der Waals surface area contributed by atoms with Gasteiger partial charge in [0, 0.05) is 17.2 Å². The van der Waals surface area contributed by atoms with Crippen molar-refractivity contribution < 1.29 is 33.1 Å². The van der Waals surface area contributed by atoms with E-state index in [-0.39, 0.29) is 29.5 Å². The number of hydrogen-bond donors (Lipinski definition) is 1. The monoisotopic (exact) mass is 536 g/mol. The zero-order valence-electron chi connectivity index (χ0n) is 20.2. The first kappa shape index (κ1) is 26.2. The van der Waals surface area contributed by atoms with Gasteiger partial charge in [-0.25, -0.2) is 4.79 Å². The van der Waals surface area contributed by atoms with Crippen molar-refractivity contribution in [3.63, 3.8) is 0 Å². The summed E-state index contributed by atoms with van der Waals surface area (Å²) in [5.41, 5.74) is 0.996. The number of esters is 1. The molecule has 0 fully saturated rings. The molecule has 0 aliphatic carbocycles. The minimum absolute atomic E-state index is 0.0211. The van der Waals surface area contributed by atoms with Crippen molar-refractivity contribution in [2.75, 3.05) is 12.4 Å². The summed E-state index contributed by atoms with van der Waals surface area (Å²) >= 11 is 5.98. The summed E-state index contributed by atoms with van der Waals surface area (Å²) in [6.45, 7) is 1.82. The number of benzene rings is 3. The van der Waals surface area contributed by atoms with Gasteiger partial charge in [0.05, 0.1) is 29.4 Å². The molecule has 0 atom stereocenters. The Morgan fingerprint density at radius 3 is 2.45 bits per heavy atom. The predicted molar refractivity (Wildman–Crippen MR) is 138 cm³/mol. The Labute approximate surface area is 221 Å². The standard InChI is InChI=1S/C27H21ClN2O8/c1-16-11-18(28)5-9-24(16)38-23-13-19(12-20(14-23)30(33)34)29-26(31)25-10-8-22(37-25)15-36-21-6-3-17(4-7-21)27(32)35-2/h3-14H,15H2,1-2H3,(H,29,31). The van der Waals surface area contributed by atoms with Gasteiger partial charge in [-0.15, -0.1) is 0 Å². The molecule has 0 saturated carbocycles. The maximum atomic E-state index is 12.8. The van der Waals surface area contributed by atoms with Gasteiger partial charge in [-0.1, -0.05) is 11.6 Å². The largest absolute Gasteiger partial charge is 0.486 e. The summed E-state index contributed by atoms with van der Waals surface area (Å²) in [7, 11) is 1.30. The molecule has 0 aliphatic rings. The Balaban J connectivity index is 1.43. The number of aryl methyl sites for hydroxylation is 1. The van der Waals surface area contributed by atoms with Crippen LogP contribution in [0.3, 0.4) is 0 Å². The molecular weight excluding hydrogens is 516 g/mol. The molecule has 1 aromatic heterocycles. The van der Waals surface area contributed by atoms with Gasteiger partial charge >= 0.3 is 5.97 Å². The lowest BCUT2D eigenvalue weighted by Gasteiger charge is -2.11. The number of nitrogens with zero attached hydrogens (tertiary/aromatic N) is 1. The van der Waals surface area contributed by atoms with Gasteiger partial charge in [0.15, 0.2) is 5.76 Å². The number of hydrogen-bond acceptors (Lipinski definition) is 8. The Kier molecular flexibility index (Phi) is 7.93. The van der Waals surface area contributed by atoms with E-state index in [4.69, 9.17) is 25.5 Å². The summed E-state index contributed by atoms with van der Waals surface area (Å²) in [5.74, 6) is 0.378. The lowest BCUT2D eigenvalue weighted by Crippen LogP contribution is -2.11. The van der Waals surface area contributed by atoms with Crippen LogP contribution in [0.4, 0.5) is 11.4 Å². The molecule has 1 N–H and O–H groups in total. The number of ether oxygens (including phenoxy) is 3. The van der Waals surface area contributed by atoms with Crippen LogP contribution in [0, 0.1) is 17.0 Å². The van der Waals surface area contributed by atoms with E-state index in [1.54, 1.807) is 55.5 Å². The van der Waals surface area contributed by atoms with Crippen LogP contribution < -0.4 is 14.8 Å². The third kappa shape index (κ3) is 6.48. The molecule has 4 aromatic rings. The van der Waals surface area contributed by atoms with Crippen LogP contribution in [0.25, 0.3) is 0 Å². The van der Waals surface area contributed by atoms with Crippen LogP contribution in [-0.2, 0) is 11.3 Å². The van der Waals surface area contributed by atoms with E-state index >= 15 is 0 Å². The fourth-order valence-corrected chi connectivity index (χ4v) is 3.63. The van der Waals surface area contributed by atoms with Gasteiger partial charge < -0.3 is 23.9 Å². The molecule has 0 saturated heterocycles. The summed E-state index contributed by atoms with van der Waals surface area (Å²) in [6.07, 6.45) is 0. The fourth-order valence-electron chi connectivity index (χ4n) is 3.40. The summed E-state index contributed by atoms with van der Waals surface area (Å²) in [4.78, 5) is 35.1. The number of methoxy groups -OCH3 is 1. The molecule has 3 aromatic carbocycles. The Morgan fingerprint density at radius 2 is 1.76 bits per heavy atom. The van der Waals surface area contributed by atoms with Crippen molar-refractivity contribution >= 4 is 34.9 Å². The van der Waals surface area contributed by atoms with E-state index in [0.29, 0.717) is 27.8 Å². The number of amides is 1. The highest BCUT2D eigenvalue weighted by molar-refractivity contribution is 6.30. The molecule has 1 amide bonds. The number of anilines is 1. The van der Waals surface area contributed by atoms with Crippen molar-refractivity contribution in [1.82, 2.24) is 0 Å². The Bertz CT molecular complexity index is 1500. The highest BCUT2D eigenvalue weighted by Gasteiger charge is 2.17. The Hall–Kier alpha value is -4.83. The second-order valence-corrected chi connectivity index (χ2v) is 8.45. The van der Waals surface area contributed by atoms with Crippen LogP contribution in [0.15, 0.2) is 77.2 Å². The molecule has 11 heteroatoms. The van der Waals surface area contributed by atoms with Crippen LogP contribution in [0.5, 0.6) is 17.2 Å². The SMILES string of the molecule is COC(=O)c1ccc(OCc2ccc(C(=O)Nc3cc(Oc4ccc(Cl)cc4C)cc([N+](=O)[O-])c3)o2)cc1. The molecule has 0 bridgehead atoms. The van der Waals surface area contributed by atoms with Crippen LogP contribution in [0.2, 0.25) is 5.02 Å². The minimum Gasteiger partial charge on any atom is -0.486 e. The summed E-state index contributed by atoms with van der Waals surface area (Å²) in [6, 6.07) is 18.3. The number of carbonyl (C=O) groups is 2. The maximum absolute atomic E-state index is 12.8. The molecule has 10 nitrogen and oxygen atoms in total. The molecule has 0 spiro atoms. The van der Waals surface area contributed by atoms with Crippen molar-refractivity contribution in [2.45, 2.75) is 13.5 Å². The number of furan rings is 1. The van der Waals surface area contributed by atoms with Crippen molar-refractivity contribution in [3.8, 4) is 17.2 Å². The smallest absolute Gasteiger partial charge is 0.337 e. The quantitative estimate of drug-likeness (QED) is 0.144. The number of rotatable bonds is 9. The van der Waals surface area contributed by atoms with E-state index in [1.807, 2.05) is 0 Å². The lowest BCUT2D eigenvalue weighted by molar-refractivity contribution is -0.384. The van der Waals surface area contributed by atoms with Crippen LogP contribution in [0.1, 0.15) is 32.2 Å². The molecule has 38 heavy (non-hydrogen) atoms. The number of non-ortho nitro benzene ring substituents is 1. The third-order valence-electron chi connectivity index (χ3n) is 5.27.